The van der Waals surface area contributed by atoms with Gasteiger partial charge in [-0.15, -0.1) is 6.58 Å². The van der Waals surface area contributed by atoms with Crippen molar-refractivity contribution >= 4 is 5.57 Å². The molecule has 0 fully saturated rings. The smallest absolute Gasteiger partial charge is 0.0998 e. The zero-order valence-corrected chi connectivity index (χ0v) is 9.69. The molecule has 0 heterocycles. The first kappa shape index (κ1) is 12.5. The standard InChI is InChI=1S/C15H18O/c1-4-5-11-14(15(16)12(2)3)13-9-7-6-8-10-13/h4,6-11,15-16H,1-2,5H2,3H3/b14-11-. The molecule has 0 aromatic heterocycles. The lowest BCUT2D eigenvalue weighted by atomic mass is 9.95. The molecule has 0 aliphatic heterocycles. The summed E-state index contributed by atoms with van der Waals surface area (Å²) in [5.41, 5.74) is 2.67. The molecule has 1 heteroatoms. The monoisotopic (exact) mass is 214 g/mol. The number of allylic oxidation sites excluding steroid dienone is 2. The van der Waals surface area contributed by atoms with Crippen molar-refractivity contribution in [1.82, 2.24) is 0 Å². The van der Waals surface area contributed by atoms with Gasteiger partial charge in [-0.2, -0.15) is 0 Å². The second-order valence-electron chi connectivity index (χ2n) is 3.80. The van der Waals surface area contributed by atoms with Crippen LogP contribution in [0, 0.1) is 0 Å². The minimum Gasteiger partial charge on any atom is -0.384 e. The summed E-state index contributed by atoms with van der Waals surface area (Å²) >= 11 is 0. The van der Waals surface area contributed by atoms with Crippen molar-refractivity contribution in [3.63, 3.8) is 0 Å². The van der Waals surface area contributed by atoms with Gasteiger partial charge in [0.2, 0.25) is 0 Å². The minimum atomic E-state index is -0.609. The van der Waals surface area contributed by atoms with Crippen LogP contribution in [0.4, 0.5) is 0 Å². The molecule has 0 saturated carbocycles. The van der Waals surface area contributed by atoms with E-state index in [1.54, 1.807) is 0 Å². The predicted molar refractivity (Wildman–Crippen MR) is 70.1 cm³/mol. The third-order valence-electron chi connectivity index (χ3n) is 2.37. The molecule has 0 radical (unpaired) electrons. The Hall–Kier alpha value is -1.60. The van der Waals surface area contributed by atoms with E-state index in [2.05, 4.69) is 13.2 Å². The summed E-state index contributed by atoms with van der Waals surface area (Å²) in [7, 11) is 0. The topological polar surface area (TPSA) is 20.2 Å². The first-order valence-electron chi connectivity index (χ1n) is 5.36. The number of benzene rings is 1. The van der Waals surface area contributed by atoms with Crippen molar-refractivity contribution in [3.8, 4) is 0 Å². The highest BCUT2D eigenvalue weighted by Crippen LogP contribution is 2.22. The SMILES string of the molecule is C=CC/C=C(/c1ccccc1)C(O)C(=C)C. The van der Waals surface area contributed by atoms with Crippen molar-refractivity contribution in [3.05, 3.63) is 66.8 Å². The van der Waals surface area contributed by atoms with Gasteiger partial charge in [0.25, 0.3) is 0 Å². The average Bonchev–Trinajstić information content (AvgIpc) is 2.30. The lowest BCUT2D eigenvalue weighted by Crippen LogP contribution is -2.10. The Balaban J connectivity index is 3.06. The van der Waals surface area contributed by atoms with E-state index in [0.717, 1.165) is 23.1 Å². The van der Waals surface area contributed by atoms with Crippen molar-refractivity contribution in [2.45, 2.75) is 19.4 Å². The molecule has 0 bridgehead atoms. The molecule has 0 saturated heterocycles. The van der Waals surface area contributed by atoms with Crippen LogP contribution in [0.3, 0.4) is 0 Å². The fraction of sp³-hybridized carbons (Fsp3) is 0.200. The van der Waals surface area contributed by atoms with E-state index < -0.39 is 6.10 Å². The van der Waals surface area contributed by atoms with Crippen LogP contribution in [0.15, 0.2) is 61.2 Å². The van der Waals surface area contributed by atoms with Crippen LogP contribution in [0.25, 0.3) is 5.57 Å². The highest BCUT2D eigenvalue weighted by molar-refractivity contribution is 5.71. The molecular weight excluding hydrogens is 196 g/mol. The molecule has 1 N–H and O–H groups in total. The van der Waals surface area contributed by atoms with Gasteiger partial charge in [0.05, 0.1) is 6.10 Å². The molecular formula is C15H18O. The molecule has 84 valence electrons. The van der Waals surface area contributed by atoms with Crippen LogP contribution in [0.2, 0.25) is 0 Å². The zero-order chi connectivity index (χ0) is 12.0. The molecule has 1 aromatic rings. The highest BCUT2D eigenvalue weighted by Gasteiger charge is 2.12. The maximum Gasteiger partial charge on any atom is 0.0998 e. The second kappa shape index (κ2) is 6.09. The van der Waals surface area contributed by atoms with Crippen LogP contribution in [0.1, 0.15) is 18.9 Å². The van der Waals surface area contributed by atoms with Gasteiger partial charge in [0.1, 0.15) is 0 Å². The molecule has 0 spiro atoms. The number of aliphatic hydroxyl groups excluding tert-OH is 1. The normalized spacial score (nSPS) is 13.2. The molecule has 1 rings (SSSR count). The first-order chi connectivity index (χ1) is 7.66. The van der Waals surface area contributed by atoms with E-state index in [1.807, 2.05) is 49.4 Å². The van der Waals surface area contributed by atoms with E-state index >= 15 is 0 Å². The number of rotatable bonds is 5. The largest absolute Gasteiger partial charge is 0.384 e. The first-order valence-corrected chi connectivity index (χ1v) is 5.36. The Bertz CT molecular complexity index is 387. The fourth-order valence-corrected chi connectivity index (χ4v) is 1.49. The van der Waals surface area contributed by atoms with Gasteiger partial charge in [-0.1, -0.05) is 49.1 Å². The van der Waals surface area contributed by atoms with Gasteiger partial charge in [-0.25, -0.2) is 0 Å². The van der Waals surface area contributed by atoms with Crippen molar-refractivity contribution in [1.29, 1.82) is 0 Å². The predicted octanol–water partition coefficient (Wildman–Crippen LogP) is 3.58. The van der Waals surface area contributed by atoms with Crippen molar-refractivity contribution in [2.24, 2.45) is 0 Å². The summed E-state index contributed by atoms with van der Waals surface area (Å²) in [6, 6.07) is 9.86. The molecule has 1 unspecified atom stereocenters. The lowest BCUT2D eigenvalue weighted by molar-refractivity contribution is 0.268. The Kier molecular flexibility index (Phi) is 4.74. The van der Waals surface area contributed by atoms with Gasteiger partial charge in [-0.05, 0) is 30.1 Å². The summed E-state index contributed by atoms with van der Waals surface area (Å²) in [6.45, 7) is 9.30. The summed E-state index contributed by atoms with van der Waals surface area (Å²) in [5.74, 6) is 0. The van der Waals surface area contributed by atoms with Crippen LogP contribution in [0.5, 0.6) is 0 Å². The van der Waals surface area contributed by atoms with Crippen LogP contribution in [-0.2, 0) is 0 Å². The Labute approximate surface area is 97.4 Å². The van der Waals surface area contributed by atoms with Gasteiger partial charge < -0.3 is 5.11 Å². The quantitative estimate of drug-likeness (QED) is 0.743. The fourth-order valence-electron chi connectivity index (χ4n) is 1.49. The van der Waals surface area contributed by atoms with Gasteiger partial charge in [0.15, 0.2) is 0 Å². The number of hydrogen-bond acceptors (Lipinski definition) is 1. The maximum atomic E-state index is 10.1. The summed E-state index contributed by atoms with van der Waals surface area (Å²) in [4.78, 5) is 0. The van der Waals surface area contributed by atoms with Gasteiger partial charge >= 0.3 is 0 Å². The van der Waals surface area contributed by atoms with Crippen LogP contribution in [-0.4, -0.2) is 11.2 Å². The number of aliphatic hydroxyl groups is 1. The minimum absolute atomic E-state index is 0.609. The van der Waals surface area contributed by atoms with Crippen LogP contribution < -0.4 is 0 Å². The van der Waals surface area contributed by atoms with Gasteiger partial charge in [0, 0.05) is 0 Å². The van der Waals surface area contributed by atoms with Crippen molar-refractivity contribution < 1.29 is 5.11 Å². The number of hydrogen-bond donors (Lipinski definition) is 1. The van der Waals surface area contributed by atoms with Crippen LogP contribution >= 0.6 is 0 Å². The van der Waals surface area contributed by atoms with Crippen molar-refractivity contribution in [2.75, 3.05) is 0 Å². The Morgan fingerprint density at radius 2 is 2.00 bits per heavy atom. The van der Waals surface area contributed by atoms with E-state index in [0.29, 0.717) is 0 Å². The molecule has 0 amide bonds. The molecule has 16 heavy (non-hydrogen) atoms. The lowest BCUT2D eigenvalue weighted by Gasteiger charge is -2.15. The Morgan fingerprint density at radius 1 is 1.38 bits per heavy atom. The second-order valence-corrected chi connectivity index (χ2v) is 3.80. The van der Waals surface area contributed by atoms with E-state index in [4.69, 9.17) is 0 Å². The third kappa shape index (κ3) is 3.21. The molecule has 0 aliphatic carbocycles. The average molecular weight is 214 g/mol. The van der Waals surface area contributed by atoms with E-state index in [1.165, 1.54) is 0 Å². The van der Waals surface area contributed by atoms with E-state index in [-0.39, 0.29) is 0 Å². The third-order valence-corrected chi connectivity index (χ3v) is 2.37. The summed E-state index contributed by atoms with van der Waals surface area (Å²) in [6.07, 6.45) is 3.94. The highest BCUT2D eigenvalue weighted by atomic mass is 16.3. The molecule has 0 aliphatic rings. The Morgan fingerprint density at radius 3 is 2.50 bits per heavy atom. The zero-order valence-electron chi connectivity index (χ0n) is 9.69. The molecule has 1 nitrogen and oxygen atoms in total. The maximum absolute atomic E-state index is 10.1. The van der Waals surface area contributed by atoms with E-state index in [9.17, 15) is 5.11 Å². The molecule has 1 aromatic carbocycles. The van der Waals surface area contributed by atoms with Gasteiger partial charge in [-0.3, -0.25) is 0 Å². The summed E-state index contributed by atoms with van der Waals surface area (Å²) in [5, 5.41) is 10.1. The molecule has 1 atom stereocenters. The summed E-state index contributed by atoms with van der Waals surface area (Å²) < 4.78 is 0.